The van der Waals surface area contributed by atoms with Crippen LogP contribution in [-0.4, -0.2) is 45.8 Å². The van der Waals surface area contributed by atoms with Crippen LogP contribution in [0.2, 0.25) is 0 Å². The second kappa shape index (κ2) is 9.01. The lowest BCUT2D eigenvalue weighted by Crippen LogP contribution is -2.41. The molecular formula is C23H25N3O3. The number of rotatable bonds is 6. The number of nitrogens with zero attached hydrogens (tertiary/aromatic N) is 3. The van der Waals surface area contributed by atoms with Gasteiger partial charge in [0.25, 0.3) is 0 Å². The zero-order valence-corrected chi connectivity index (χ0v) is 16.3. The van der Waals surface area contributed by atoms with Crippen LogP contribution in [0, 0.1) is 5.92 Å². The molecule has 4 rings (SSSR count). The molecule has 3 aromatic rings. The number of hydrogen-bond acceptors (Lipinski definition) is 5. The summed E-state index contributed by atoms with van der Waals surface area (Å²) >= 11 is 0. The first kappa shape index (κ1) is 19.3. The van der Waals surface area contributed by atoms with Crippen molar-refractivity contribution in [1.82, 2.24) is 15.1 Å². The molecule has 1 aliphatic rings. The maximum absolute atomic E-state index is 12.4. The van der Waals surface area contributed by atoms with Crippen molar-refractivity contribution in [3.63, 3.8) is 0 Å². The SMILES string of the molecule is O=C(CCc1nnc(-c2ccc(-c3ccccc3)cc2)o1)N1CCC[C@@H](CO)C1. The van der Waals surface area contributed by atoms with Crippen molar-refractivity contribution < 1.29 is 14.3 Å². The standard InChI is InChI=1S/C23H25N3O3/c27-16-17-5-4-14-26(15-17)22(28)13-12-21-24-25-23(29-21)20-10-8-19(9-11-20)18-6-2-1-3-7-18/h1-3,6-11,17,27H,4-5,12-16H2/t17-/m1/s1. The molecule has 0 saturated carbocycles. The molecule has 2 aromatic carbocycles. The van der Waals surface area contributed by atoms with E-state index in [1.165, 1.54) is 0 Å². The maximum atomic E-state index is 12.4. The summed E-state index contributed by atoms with van der Waals surface area (Å²) in [6, 6.07) is 18.2. The number of hydrogen-bond donors (Lipinski definition) is 1. The molecule has 0 unspecified atom stereocenters. The molecule has 1 saturated heterocycles. The van der Waals surface area contributed by atoms with Gasteiger partial charge in [0.15, 0.2) is 0 Å². The molecule has 1 N–H and O–H groups in total. The van der Waals surface area contributed by atoms with Crippen LogP contribution in [0.25, 0.3) is 22.6 Å². The molecule has 1 atom stereocenters. The molecule has 1 amide bonds. The van der Waals surface area contributed by atoms with Crippen LogP contribution in [0.1, 0.15) is 25.2 Å². The van der Waals surface area contributed by atoms with Gasteiger partial charge in [0, 0.05) is 38.1 Å². The van der Waals surface area contributed by atoms with E-state index in [-0.39, 0.29) is 18.4 Å². The summed E-state index contributed by atoms with van der Waals surface area (Å²) in [5.41, 5.74) is 3.14. The molecule has 0 spiro atoms. The normalized spacial score (nSPS) is 16.7. The highest BCUT2D eigenvalue weighted by Crippen LogP contribution is 2.24. The van der Waals surface area contributed by atoms with Gasteiger partial charge >= 0.3 is 0 Å². The van der Waals surface area contributed by atoms with Gasteiger partial charge in [0.2, 0.25) is 17.7 Å². The number of likely N-dealkylation sites (tertiary alicyclic amines) is 1. The zero-order chi connectivity index (χ0) is 20.1. The van der Waals surface area contributed by atoms with E-state index >= 15 is 0 Å². The smallest absolute Gasteiger partial charge is 0.247 e. The Labute approximate surface area is 170 Å². The summed E-state index contributed by atoms with van der Waals surface area (Å²) in [6.45, 7) is 1.54. The monoisotopic (exact) mass is 391 g/mol. The number of benzene rings is 2. The second-order valence-electron chi connectivity index (χ2n) is 7.47. The fourth-order valence-corrected chi connectivity index (χ4v) is 3.72. The van der Waals surface area contributed by atoms with Crippen LogP contribution < -0.4 is 0 Å². The first-order chi connectivity index (χ1) is 14.2. The number of carbonyl (C=O) groups is 1. The van der Waals surface area contributed by atoms with Gasteiger partial charge in [0.1, 0.15) is 0 Å². The number of amides is 1. The largest absolute Gasteiger partial charge is 0.421 e. The molecule has 1 fully saturated rings. The Morgan fingerprint density at radius 2 is 1.76 bits per heavy atom. The lowest BCUT2D eigenvalue weighted by atomic mass is 9.99. The lowest BCUT2D eigenvalue weighted by Gasteiger charge is -2.31. The minimum absolute atomic E-state index is 0.0788. The van der Waals surface area contributed by atoms with Crippen LogP contribution in [0.5, 0.6) is 0 Å². The maximum Gasteiger partial charge on any atom is 0.247 e. The Balaban J connectivity index is 1.35. The van der Waals surface area contributed by atoms with Crippen LogP contribution in [-0.2, 0) is 11.2 Å². The zero-order valence-electron chi connectivity index (χ0n) is 16.3. The minimum Gasteiger partial charge on any atom is -0.421 e. The molecular weight excluding hydrogens is 366 g/mol. The van der Waals surface area contributed by atoms with Crippen LogP contribution in [0.15, 0.2) is 59.0 Å². The van der Waals surface area contributed by atoms with E-state index in [0.717, 1.165) is 36.1 Å². The molecule has 150 valence electrons. The molecule has 0 aliphatic carbocycles. The Hall–Kier alpha value is -2.99. The Morgan fingerprint density at radius 3 is 2.52 bits per heavy atom. The van der Waals surface area contributed by atoms with Crippen LogP contribution in [0.4, 0.5) is 0 Å². The van der Waals surface area contributed by atoms with E-state index in [9.17, 15) is 9.90 Å². The number of aryl methyl sites for hydroxylation is 1. The van der Waals surface area contributed by atoms with Crippen LogP contribution >= 0.6 is 0 Å². The molecule has 1 aliphatic heterocycles. The van der Waals surface area contributed by atoms with E-state index in [4.69, 9.17) is 4.42 Å². The average Bonchev–Trinajstić information content (AvgIpc) is 3.27. The predicted molar refractivity (Wildman–Crippen MR) is 110 cm³/mol. The van der Waals surface area contributed by atoms with Crippen molar-refractivity contribution in [3.05, 3.63) is 60.5 Å². The number of aliphatic hydroxyl groups excluding tert-OH is 1. The van der Waals surface area contributed by atoms with Crippen molar-refractivity contribution in [1.29, 1.82) is 0 Å². The molecule has 29 heavy (non-hydrogen) atoms. The van der Waals surface area contributed by atoms with E-state index in [1.54, 1.807) is 0 Å². The van der Waals surface area contributed by atoms with Crippen LogP contribution in [0.3, 0.4) is 0 Å². The summed E-state index contributed by atoms with van der Waals surface area (Å²) in [5, 5.41) is 17.5. The lowest BCUT2D eigenvalue weighted by molar-refractivity contribution is -0.133. The van der Waals surface area contributed by atoms with E-state index in [0.29, 0.717) is 31.2 Å². The van der Waals surface area contributed by atoms with Crippen molar-refractivity contribution >= 4 is 5.91 Å². The van der Waals surface area contributed by atoms with Gasteiger partial charge in [-0.3, -0.25) is 4.79 Å². The van der Waals surface area contributed by atoms with Gasteiger partial charge in [0.05, 0.1) is 0 Å². The fraction of sp³-hybridized carbons (Fsp3) is 0.348. The third-order valence-electron chi connectivity index (χ3n) is 5.39. The highest BCUT2D eigenvalue weighted by atomic mass is 16.4. The van der Waals surface area contributed by atoms with E-state index < -0.39 is 0 Å². The molecule has 0 bridgehead atoms. The van der Waals surface area contributed by atoms with Gasteiger partial charge < -0.3 is 14.4 Å². The number of piperidine rings is 1. The summed E-state index contributed by atoms with van der Waals surface area (Å²) < 4.78 is 5.76. The van der Waals surface area contributed by atoms with Crippen molar-refractivity contribution in [2.75, 3.05) is 19.7 Å². The Bertz CT molecular complexity index is 938. The van der Waals surface area contributed by atoms with Gasteiger partial charge in [-0.1, -0.05) is 42.5 Å². The highest BCUT2D eigenvalue weighted by Gasteiger charge is 2.23. The molecule has 1 aromatic heterocycles. The number of aliphatic hydroxyl groups is 1. The summed E-state index contributed by atoms with van der Waals surface area (Å²) in [6.07, 6.45) is 2.69. The summed E-state index contributed by atoms with van der Waals surface area (Å²) in [5.74, 6) is 1.21. The van der Waals surface area contributed by atoms with Gasteiger partial charge in [-0.2, -0.15) is 0 Å². The van der Waals surface area contributed by atoms with E-state index in [1.807, 2.05) is 47.4 Å². The number of carbonyl (C=O) groups excluding carboxylic acids is 1. The van der Waals surface area contributed by atoms with Crippen molar-refractivity contribution in [2.45, 2.75) is 25.7 Å². The third-order valence-corrected chi connectivity index (χ3v) is 5.39. The quantitative estimate of drug-likeness (QED) is 0.695. The molecule has 6 nitrogen and oxygen atoms in total. The Morgan fingerprint density at radius 1 is 1.03 bits per heavy atom. The average molecular weight is 391 g/mol. The van der Waals surface area contributed by atoms with Crippen molar-refractivity contribution in [3.8, 4) is 22.6 Å². The summed E-state index contributed by atoms with van der Waals surface area (Å²) in [4.78, 5) is 14.3. The summed E-state index contributed by atoms with van der Waals surface area (Å²) in [7, 11) is 0. The first-order valence-corrected chi connectivity index (χ1v) is 10.1. The second-order valence-corrected chi connectivity index (χ2v) is 7.47. The predicted octanol–water partition coefficient (Wildman–Crippen LogP) is 3.57. The third kappa shape index (κ3) is 4.71. The highest BCUT2D eigenvalue weighted by molar-refractivity contribution is 5.76. The molecule has 2 heterocycles. The van der Waals surface area contributed by atoms with Gasteiger partial charge in [-0.15, -0.1) is 10.2 Å². The fourth-order valence-electron chi connectivity index (χ4n) is 3.72. The Kier molecular flexibility index (Phi) is 6.00. The molecule has 6 heteroatoms. The molecule has 0 radical (unpaired) electrons. The van der Waals surface area contributed by atoms with E-state index in [2.05, 4.69) is 22.3 Å². The van der Waals surface area contributed by atoms with Gasteiger partial charge in [-0.25, -0.2) is 0 Å². The topological polar surface area (TPSA) is 79.5 Å². The minimum atomic E-state index is 0.0788. The van der Waals surface area contributed by atoms with Crippen molar-refractivity contribution in [2.24, 2.45) is 5.92 Å². The van der Waals surface area contributed by atoms with Gasteiger partial charge in [-0.05, 0) is 42.0 Å². The number of aromatic nitrogens is 2. The first-order valence-electron chi connectivity index (χ1n) is 10.1.